The van der Waals surface area contributed by atoms with Crippen LogP contribution in [0.4, 0.5) is 0 Å². The van der Waals surface area contributed by atoms with Crippen molar-refractivity contribution in [3.05, 3.63) is 78.5 Å². The van der Waals surface area contributed by atoms with Gasteiger partial charge in [-0.05, 0) is 22.9 Å². The van der Waals surface area contributed by atoms with Gasteiger partial charge in [-0.25, -0.2) is 10.8 Å². The SMILES string of the molecule is NNC(=O)c1ccc2c(-c3nc4c5ccccc5c5ccccc5c4[nH]3)c[nH]c2c1. The van der Waals surface area contributed by atoms with Gasteiger partial charge >= 0.3 is 0 Å². The lowest BCUT2D eigenvalue weighted by Gasteiger charge is -2.05. The summed E-state index contributed by atoms with van der Waals surface area (Å²) >= 11 is 0. The maximum absolute atomic E-state index is 11.8. The number of amides is 1. The van der Waals surface area contributed by atoms with E-state index < -0.39 is 0 Å². The number of H-pyrrole nitrogens is 2. The molecule has 0 saturated carbocycles. The Morgan fingerprint density at radius 1 is 0.867 bits per heavy atom. The van der Waals surface area contributed by atoms with E-state index in [0.717, 1.165) is 44.1 Å². The second-order valence-electron chi connectivity index (χ2n) is 7.34. The number of hydrogen-bond donors (Lipinski definition) is 4. The molecule has 30 heavy (non-hydrogen) atoms. The molecule has 0 spiro atoms. The van der Waals surface area contributed by atoms with Gasteiger partial charge in [0.25, 0.3) is 5.91 Å². The van der Waals surface area contributed by atoms with E-state index in [0.29, 0.717) is 5.56 Å². The summed E-state index contributed by atoms with van der Waals surface area (Å²) in [5, 5.41) is 5.64. The Balaban J connectivity index is 1.64. The number of nitrogens with one attached hydrogen (secondary N) is 3. The summed E-state index contributed by atoms with van der Waals surface area (Å²) in [6, 6.07) is 22.2. The molecule has 0 saturated heterocycles. The molecule has 0 unspecified atom stereocenters. The molecule has 0 atom stereocenters. The number of hydrogen-bond acceptors (Lipinski definition) is 3. The molecule has 2 heterocycles. The monoisotopic (exact) mass is 391 g/mol. The summed E-state index contributed by atoms with van der Waals surface area (Å²) < 4.78 is 0. The lowest BCUT2D eigenvalue weighted by Crippen LogP contribution is -2.29. The number of nitrogen functional groups attached to an aromatic ring is 1. The second-order valence-corrected chi connectivity index (χ2v) is 7.34. The fraction of sp³-hybridized carbons (Fsp3) is 0. The first kappa shape index (κ1) is 16.8. The Morgan fingerprint density at radius 3 is 2.33 bits per heavy atom. The molecule has 6 heteroatoms. The fourth-order valence-electron chi connectivity index (χ4n) is 4.30. The smallest absolute Gasteiger partial charge is 0.265 e. The summed E-state index contributed by atoms with van der Waals surface area (Å²) in [4.78, 5) is 23.6. The van der Waals surface area contributed by atoms with Gasteiger partial charge < -0.3 is 9.97 Å². The van der Waals surface area contributed by atoms with Crippen LogP contribution >= 0.6 is 0 Å². The largest absolute Gasteiger partial charge is 0.360 e. The van der Waals surface area contributed by atoms with Gasteiger partial charge in [0.15, 0.2) is 0 Å². The molecular formula is C24H17N5O. The zero-order chi connectivity index (χ0) is 20.2. The Bertz CT molecular complexity index is 1540. The van der Waals surface area contributed by atoms with Gasteiger partial charge in [0, 0.05) is 39.0 Å². The molecular weight excluding hydrogens is 374 g/mol. The van der Waals surface area contributed by atoms with Crippen molar-refractivity contribution in [2.24, 2.45) is 5.84 Å². The molecule has 0 radical (unpaired) electrons. The van der Waals surface area contributed by atoms with Crippen molar-refractivity contribution < 1.29 is 4.79 Å². The minimum Gasteiger partial charge on any atom is -0.360 e. The van der Waals surface area contributed by atoms with Gasteiger partial charge in [0.2, 0.25) is 0 Å². The molecule has 0 aliphatic carbocycles. The number of nitrogens with two attached hydrogens (primary N) is 1. The van der Waals surface area contributed by atoms with Crippen molar-refractivity contribution in [3.8, 4) is 11.4 Å². The van der Waals surface area contributed by atoms with Gasteiger partial charge in [-0.1, -0.05) is 54.6 Å². The van der Waals surface area contributed by atoms with E-state index in [4.69, 9.17) is 10.8 Å². The summed E-state index contributed by atoms with van der Waals surface area (Å²) in [6.07, 6.45) is 1.91. The Morgan fingerprint density at radius 2 is 1.57 bits per heavy atom. The van der Waals surface area contributed by atoms with Crippen molar-refractivity contribution >= 4 is 49.4 Å². The number of carbonyl (C=O) groups excluding carboxylic acids is 1. The highest BCUT2D eigenvalue weighted by molar-refractivity contribution is 6.23. The number of fused-ring (bicyclic) bond motifs is 7. The maximum atomic E-state index is 11.8. The topological polar surface area (TPSA) is 99.6 Å². The van der Waals surface area contributed by atoms with Gasteiger partial charge in [0.1, 0.15) is 5.82 Å². The molecule has 0 aliphatic rings. The van der Waals surface area contributed by atoms with Crippen LogP contribution in [0, 0.1) is 0 Å². The van der Waals surface area contributed by atoms with Crippen LogP contribution in [-0.2, 0) is 0 Å². The third kappa shape index (κ3) is 2.28. The van der Waals surface area contributed by atoms with Gasteiger partial charge in [-0.2, -0.15) is 0 Å². The van der Waals surface area contributed by atoms with Crippen LogP contribution in [0.25, 0.3) is 54.9 Å². The zero-order valence-corrected chi connectivity index (χ0v) is 15.9. The predicted molar refractivity (Wildman–Crippen MR) is 120 cm³/mol. The zero-order valence-electron chi connectivity index (χ0n) is 15.9. The van der Waals surface area contributed by atoms with E-state index in [2.05, 4.69) is 51.8 Å². The molecule has 4 aromatic carbocycles. The van der Waals surface area contributed by atoms with E-state index in [1.165, 1.54) is 10.8 Å². The van der Waals surface area contributed by atoms with Crippen molar-refractivity contribution in [1.82, 2.24) is 20.4 Å². The summed E-state index contributed by atoms with van der Waals surface area (Å²) in [5.41, 5.74) is 6.44. The number of aromatic nitrogens is 3. The number of hydrazine groups is 1. The van der Waals surface area contributed by atoms with Gasteiger partial charge in [-0.3, -0.25) is 10.2 Å². The number of benzene rings is 4. The number of aromatic amines is 2. The van der Waals surface area contributed by atoms with Crippen LogP contribution in [0.15, 0.2) is 72.9 Å². The number of rotatable bonds is 2. The quantitative estimate of drug-likeness (QED) is 0.150. The number of imidazole rings is 1. The van der Waals surface area contributed by atoms with Crippen LogP contribution in [-0.4, -0.2) is 20.9 Å². The van der Waals surface area contributed by atoms with Crippen LogP contribution in [0.5, 0.6) is 0 Å². The fourth-order valence-corrected chi connectivity index (χ4v) is 4.30. The predicted octanol–water partition coefficient (Wildman–Crippen LogP) is 4.62. The molecule has 0 aliphatic heterocycles. The molecule has 0 bridgehead atoms. The van der Waals surface area contributed by atoms with E-state index in [9.17, 15) is 4.79 Å². The van der Waals surface area contributed by atoms with E-state index in [1.54, 1.807) is 12.1 Å². The molecule has 0 fully saturated rings. The highest BCUT2D eigenvalue weighted by atomic mass is 16.2. The number of carbonyl (C=O) groups is 1. The molecule has 2 aromatic heterocycles. The third-order valence-electron chi connectivity index (χ3n) is 5.70. The van der Waals surface area contributed by atoms with Crippen molar-refractivity contribution in [1.29, 1.82) is 0 Å². The first-order valence-corrected chi connectivity index (χ1v) is 9.66. The van der Waals surface area contributed by atoms with Crippen LogP contribution in [0.1, 0.15) is 10.4 Å². The van der Waals surface area contributed by atoms with Crippen LogP contribution < -0.4 is 11.3 Å². The molecule has 144 valence electrons. The van der Waals surface area contributed by atoms with Gasteiger partial charge in [-0.15, -0.1) is 0 Å². The number of nitrogens with zero attached hydrogens (tertiary/aromatic N) is 1. The third-order valence-corrected chi connectivity index (χ3v) is 5.70. The van der Waals surface area contributed by atoms with Gasteiger partial charge in [0.05, 0.1) is 11.0 Å². The highest BCUT2D eigenvalue weighted by Crippen LogP contribution is 2.36. The summed E-state index contributed by atoms with van der Waals surface area (Å²) in [6.45, 7) is 0. The van der Waals surface area contributed by atoms with Crippen molar-refractivity contribution in [2.45, 2.75) is 0 Å². The normalized spacial score (nSPS) is 11.6. The van der Waals surface area contributed by atoms with Crippen molar-refractivity contribution in [3.63, 3.8) is 0 Å². The Labute approximate surface area is 170 Å². The Kier molecular flexibility index (Phi) is 3.45. The van der Waals surface area contributed by atoms with Crippen LogP contribution in [0.3, 0.4) is 0 Å². The second kappa shape index (κ2) is 6.17. The van der Waals surface area contributed by atoms with Crippen molar-refractivity contribution in [2.75, 3.05) is 0 Å². The lowest BCUT2D eigenvalue weighted by molar-refractivity contribution is 0.0954. The molecule has 6 rings (SSSR count). The first-order chi connectivity index (χ1) is 14.7. The average molecular weight is 391 g/mol. The molecule has 5 N–H and O–H groups in total. The maximum Gasteiger partial charge on any atom is 0.265 e. The lowest BCUT2D eigenvalue weighted by atomic mass is 10.0. The molecule has 6 aromatic rings. The summed E-state index contributed by atoms with van der Waals surface area (Å²) in [5.74, 6) is 5.72. The molecule has 1 amide bonds. The van der Waals surface area contributed by atoms with E-state index in [-0.39, 0.29) is 5.91 Å². The standard InChI is InChI=1S/C24H17N5O/c25-29-24(30)13-9-10-16-19(12-26-20(16)11-13)23-27-21-17-7-3-1-5-14(17)15-6-2-4-8-18(15)22(21)28-23/h1-12,26H,25H2,(H,27,28)(H,29,30). The summed E-state index contributed by atoms with van der Waals surface area (Å²) in [7, 11) is 0. The molecule has 6 nitrogen and oxygen atoms in total. The minimum absolute atomic E-state index is 0.324. The minimum atomic E-state index is -0.324. The van der Waals surface area contributed by atoms with E-state index in [1.807, 2.05) is 24.4 Å². The Hall–Kier alpha value is -4.16. The first-order valence-electron chi connectivity index (χ1n) is 9.66. The van der Waals surface area contributed by atoms with Crippen LogP contribution in [0.2, 0.25) is 0 Å². The average Bonchev–Trinajstić information content (AvgIpc) is 3.43. The van der Waals surface area contributed by atoms with E-state index >= 15 is 0 Å². The highest BCUT2D eigenvalue weighted by Gasteiger charge is 2.16.